The second-order valence-electron chi connectivity index (χ2n) is 3.67. The van der Waals surface area contributed by atoms with Crippen LogP contribution in [0.3, 0.4) is 0 Å². The number of nitrogens with zero attached hydrogens (tertiary/aromatic N) is 2. The molecule has 0 aliphatic rings. The lowest BCUT2D eigenvalue weighted by Gasteiger charge is -2.12. The summed E-state index contributed by atoms with van der Waals surface area (Å²) in [6.45, 7) is -0.789. The molecule has 1 heterocycles. The molecule has 19 heavy (non-hydrogen) atoms. The number of rotatable bonds is 2. The fourth-order valence-corrected chi connectivity index (χ4v) is 2.17. The lowest BCUT2D eigenvalue weighted by atomic mass is 10.2. The third-order valence-electron chi connectivity index (χ3n) is 2.35. The molecule has 102 valence electrons. The van der Waals surface area contributed by atoms with E-state index in [-0.39, 0.29) is 21.4 Å². The van der Waals surface area contributed by atoms with Crippen molar-refractivity contribution >= 4 is 23.2 Å². The van der Waals surface area contributed by atoms with E-state index in [1.807, 2.05) is 0 Å². The smallest absolute Gasteiger partial charge is 0.244 e. The van der Waals surface area contributed by atoms with Crippen molar-refractivity contribution in [3.63, 3.8) is 0 Å². The molecule has 0 fully saturated rings. The third kappa shape index (κ3) is 2.84. The molecule has 1 aromatic heterocycles. The van der Waals surface area contributed by atoms with Crippen LogP contribution in [0.5, 0.6) is 0 Å². The van der Waals surface area contributed by atoms with E-state index >= 15 is 0 Å². The Morgan fingerprint density at radius 3 is 2.16 bits per heavy atom. The van der Waals surface area contributed by atoms with E-state index in [0.717, 1.165) is 16.8 Å². The van der Waals surface area contributed by atoms with Crippen molar-refractivity contribution in [3.8, 4) is 5.69 Å². The average Bonchev–Trinajstić information content (AvgIpc) is 2.75. The third-order valence-corrected chi connectivity index (χ3v) is 2.93. The number of benzene rings is 1. The monoisotopic (exact) mass is 312 g/mol. The standard InChI is InChI=1S/C11H6Cl2F4N2/c12-8-3-6(11(15,16)17)4-9(13)10(8)19-2-1-7(5-14)18-19/h1-4H,5H2. The molecule has 0 amide bonds. The summed E-state index contributed by atoms with van der Waals surface area (Å²) in [5.41, 5.74) is -0.743. The predicted octanol–water partition coefficient (Wildman–Crippen LogP) is 4.67. The van der Waals surface area contributed by atoms with Gasteiger partial charge in [0.05, 0.1) is 21.3 Å². The largest absolute Gasteiger partial charge is 0.416 e. The van der Waals surface area contributed by atoms with Gasteiger partial charge in [0.2, 0.25) is 0 Å². The Bertz CT molecular complexity index is 584. The number of hydrogen-bond acceptors (Lipinski definition) is 1. The Morgan fingerprint density at radius 1 is 1.16 bits per heavy atom. The van der Waals surface area contributed by atoms with Gasteiger partial charge in [0.25, 0.3) is 0 Å². The zero-order valence-corrected chi connectivity index (χ0v) is 10.7. The molecule has 0 saturated heterocycles. The zero-order chi connectivity index (χ0) is 14.2. The summed E-state index contributed by atoms with van der Waals surface area (Å²) in [6, 6.07) is 2.88. The van der Waals surface area contributed by atoms with Gasteiger partial charge >= 0.3 is 6.18 Å². The lowest BCUT2D eigenvalue weighted by molar-refractivity contribution is -0.137. The molecule has 0 radical (unpaired) electrons. The quantitative estimate of drug-likeness (QED) is 0.737. The van der Waals surface area contributed by atoms with Crippen molar-refractivity contribution in [2.24, 2.45) is 0 Å². The number of hydrogen-bond donors (Lipinski definition) is 0. The molecule has 2 aromatic rings. The topological polar surface area (TPSA) is 17.8 Å². The first-order chi connectivity index (χ1) is 8.82. The summed E-state index contributed by atoms with van der Waals surface area (Å²) in [6.07, 6.45) is -3.17. The molecule has 8 heteroatoms. The van der Waals surface area contributed by atoms with Gasteiger partial charge in [0, 0.05) is 6.20 Å². The summed E-state index contributed by atoms with van der Waals surface area (Å²) < 4.78 is 51.2. The molecule has 0 unspecified atom stereocenters. The Balaban J connectivity index is 2.53. The van der Waals surface area contributed by atoms with E-state index in [4.69, 9.17) is 23.2 Å². The Hall–Kier alpha value is -1.27. The molecular formula is C11H6Cl2F4N2. The van der Waals surface area contributed by atoms with Crippen LogP contribution in [0.2, 0.25) is 10.0 Å². The zero-order valence-electron chi connectivity index (χ0n) is 9.18. The minimum Gasteiger partial charge on any atom is -0.244 e. The van der Waals surface area contributed by atoms with Crippen LogP contribution in [-0.4, -0.2) is 9.78 Å². The van der Waals surface area contributed by atoms with Crippen LogP contribution in [0.15, 0.2) is 24.4 Å². The van der Waals surface area contributed by atoms with Crippen LogP contribution in [0.4, 0.5) is 17.6 Å². The molecule has 0 atom stereocenters. The predicted molar refractivity (Wildman–Crippen MR) is 63.4 cm³/mol. The van der Waals surface area contributed by atoms with Gasteiger partial charge in [-0.2, -0.15) is 18.3 Å². The fourth-order valence-electron chi connectivity index (χ4n) is 1.51. The number of alkyl halides is 4. The van der Waals surface area contributed by atoms with E-state index in [1.54, 1.807) is 0 Å². The summed E-state index contributed by atoms with van der Waals surface area (Å²) in [7, 11) is 0. The van der Waals surface area contributed by atoms with Gasteiger partial charge in [-0.3, -0.25) is 0 Å². The normalized spacial score (nSPS) is 11.9. The maximum absolute atomic E-state index is 12.6. The maximum Gasteiger partial charge on any atom is 0.416 e. The van der Waals surface area contributed by atoms with Crippen molar-refractivity contribution in [3.05, 3.63) is 45.7 Å². The molecule has 0 saturated carbocycles. The van der Waals surface area contributed by atoms with Crippen LogP contribution in [0.1, 0.15) is 11.3 Å². The fraction of sp³-hybridized carbons (Fsp3) is 0.182. The van der Waals surface area contributed by atoms with E-state index in [0.29, 0.717) is 0 Å². The van der Waals surface area contributed by atoms with Crippen LogP contribution in [0, 0.1) is 0 Å². The van der Waals surface area contributed by atoms with E-state index in [1.165, 1.54) is 12.3 Å². The SMILES string of the molecule is FCc1ccn(-c2c(Cl)cc(C(F)(F)F)cc2Cl)n1. The highest BCUT2D eigenvalue weighted by atomic mass is 35.5. The van der Waals surface area contributed by atoms with Gasteiger partial charge in [-0.15, -0.1) is 0 Å². The summed E-state index contributed by atoms with van der Waals surface area (Å²) >= 11 is 11.6. The Labute approximate surface area is 115 Å². The highest BCUT2D eigenvalue weighted by molar-refractivity contribution is 6.37. The first-order valence-electron chi connectivity index (χ1n) is 5.00. The van der Waals surface area contributed by atoms with Crippen molar-refractivity contribution in [2.45, 2.75) is 12.9 Å². The molecule has 2 rings (SSSR count). The van der Waals surface area contributed by atoms with Gasteiger partial charge in [0.15, 0.2) is 0 Å². The highest BCUT2D eigenvalue weighted by Crippen LogP contribution is 2.37. The van der Waals surface area contributed by atoms with Gasteiger partial charge in [-0.25, -0.2) is 9.07 Å². The van der Waals surface area contributed by atoms with Gasteiger partial charge in [0.1, 0.15) is 12.4 Å². The van der Waals surface area contributed by atoms with Crippen LogP contribution >= 0.6 is 23.2 Å². The highest BCUT2D eigenvalue weighted by Gasteiger charge is 2.32. The first-order valence-corrected chi connectivity index (χ1v) is 5.75. The Kier molecular flexibility index (Phi) is 3.73. The van der Waals surface area contributed by atoms with E-state index in [9.17, 15) is 17.6 Å². The minimum atomic E-state index is -4.54. The second kappa shape index (κ2) is 5.02. The van der Waals surface area contributed by atoms with Gasteiger partial charge < -0.3 is 0 Å². The van der Waals surface area contributed by atoms with Gasteiger partial charge in [-0.1, -0.05) is 23.2 Å². The molecule has 0 N–H and O–H groups in total. The first kappa shape index (κ1) is 14.1. The van der Waals surface area contributed by atoms with Crippen LogP contribution < -0.4 is 0 Å². The molecule has 1 aromatic carbocycles. The lowest BCUT2D eigenvalue weighted by Crippen LogP contribution is -2.07. The summed E-state index contributed by atoms with van der Waals surface area (Å²) in [5.74, 6) is 0. The van der Waals surface area contributed by atoms with Crippen LogP contribution in [-0.2, 0) is 12.9 Å². The minimum absolute atomic E-state index is 0.0797. The molecular weight excluding hydrogens is 307 g/mol. The molecule has 0 bridgehead atoms. The number of halogens is 6. The summed E-state index contributed by atoms with van der Waals surface area (Å²) in [4.78, 5) is 0. The van der Waals surface area contributed by atoms with Crippen LogP contribution in [0.25, 0.3) is 5.69 Å². The molecule has 0 spiro atoms. The Morgan fingerprint density at radius 2 is 1.74 bits per heavy atom. The second-order valence-corrected chi connectivity index (χ2v) is 4.49. The molecule has 0 aliphatic heterocycles. The maximum atomic E-state index is 12.6. The summed E-state index contributed by atoms with van der Waals surface area (Å²) in [5, 5.41) is 3.38. The molecule has 0 aliphatic carbocycles. The average molecular weight is 313 g/mol. The van der Waals surface area contributed by atoms with Crippen molar-refractivity contribution in [1.82, 2.24) is 9.78 Å². The van der Waals surface area contributed by atoms with Gasteiger partial charge in [-0.05, 0) is 18.2 Å². The van der Waals surface area contributed by atoms with Crippen molar-refractivity contribution in [2.75, 3.05) is 0 Å². The number of aromatic nitrogens is 2. The van der Waals surface area contributed by atoms with E-state index in [2.05, 4.69) is 5.10 Å². The molecule has 2 nitrogen and oxygen atoms in total. The van der Waals surface area contributed by atoms with E-state index < -0.39 is 18.4 Å². The van der Waals surface area contributed by atoms with Crippen molar-refractivity contribution < 1.29 is 17.6 Å². The van der Waals surface area contributed by atoms with Crippen molar-refractivity contribution in [1.29, 1.82) is 0 Å².